The Kier molecular flexibility index (Phi) is 4.36. The average Bonchev–Trinajstić information content (AvgIpc) is 2.27. The molecule has 0 aliphatic rings. The molecular formula is C12H13NO2. The number of nitrogens with zero attached hydrogens (tertiary/aromatic N) is 1. The summed E-state index contributed by atoms with van der Waals surface area (Å²) in [4.78, 5) is 11.5. The van der Waals surface area contributed by atoms with Crippen molar-refractivity contribution in [2.75, 3.05) is 6.61 Å². The first-order valence-electron chi connectivity index (χ1n) is 4.91. The third kappa shape index (κ3) is 3.10. The lowest BCUT2D eigenvalue weighted by Gasteiger charge is -2.08. The second kappa shape index (κ2) is 5.82. The third-order valence-electron chi connectivity index (χ3n) is 1.89. The Morgan fingerprint density at radius 2 is 2.20 bits per heavy atom. The van der Waals surface area contributed by atoms with Crippen molar-refractivity contribution in [3.8, 4) is 11.8 Å². The molecule has 0 amide bonds. The van der Waals surface area contributed by atoms with Crippen LogP contribution in [0.2, 0.25) is 0 Å². The Balaban J connectivity index is 2.86. The van der Waals surface area contributed by atoms with Crippen molar-refractivity contribution in [3.05, 3.63) is 29.8 Å². The molecule has 0 aliphatic heterocycles. The maximum Gasteiger partial charge on any atom is 0.180 e. The first-order valence-corrected chi connectivity index (χ1v) is 4.91. The number of rotatable bonds is 5. The van der Waals surface area contributed by atoms with Crippen LogP contribution in [0.25, 0.3) is 0 Å². The van der Waals surface area contributed by atoms with Gasteiger partial charge in [0.25, 0.3) is 0 Å². The summed E-state index contributed by atoms with van der Waals surface area (Å²) in [6, 6.07) is 8.86. The van der Waals surface area contributed by atoms with Crippen LogP contribution < -0.4 is 4.74 Å². The van der Waals surface area contributed by atoms with Gasteiger partial charge in [0.05, 0.1) is 24.7 Å². The van der Waals surface area contributed by atoms with E-state index >= 15 is 0 Å². The number of carbonyl (C=O) groups is 1. The molecule has 3 nitrogen and oxygen atoms in total. The lowest BCUT2D eigenvalue weighted by atomic mass is 10.1. The van der Waals surface area contributed by atoms with E-state index in [2.05, 4.69) is 0 Å². The van der Waals surface area contributed by atoms with Gasteiger partial charge >= 0.3 is 0 Å². The van der Waals surface area contributed by atoms with E-state index in [-0.39, 0.29) is 12.2 Å². The van der Waals surface area contributed by atoms with Crippen LogP contribution in [0, 0.1) is 11.3 Å². The number of hydrogen-bond donors (Lipinski definition) is 0. The number of benzene rings is 1. The Morgan fingerprint density at radius 3 is 2.87 bits per heavy atom. The maximum absolute atomic E-state index is 11.5. The lowest BCUT2D eigenvalue weighted by molar-refractivity contribution is 0.0994. The van der Waals surface area contributed by atoms with E-state index in [4.69, 9.17) is 10.00 Å². The van der Waals surface area contributed by atoms with Crippen LogP contribution in [-0.4, -0.2) is 12.4 Å². The molecule has 3 heteroatoms. The monoisotopic (exact) mass is 203 g/mol. The normalized spacial score (nSPS) is 9.33. The standard InChI is InChI=1S/C12H13NO2/c1-2-9-15-12-6-4-3-5-10(12)11(14)7-8-13/h3-6H,2,7,9H2,1H3. The Labute approximate surface area is 89.3 Å². The van der Waals surface area contributed by atoms with Gasteiger partial charge in [0.15, 0.2) is 5.78 Å². The van der Waals surface area contributed by atoms with Gasteiger partial charge in [-0.25, -0.2) is 0 Å². The SMILES string of the molecule is CCCOc1ccccc1C(=O)CC#N. The summed E-state index contributed by atoms with van der Waals surface area (Å²) in [6.07, 6.45) is 0.785. The highest BCUT2D eigenvalue weighted by molar-refractivity contribution is 5.99. The topological polar surface area (TPSA) is 50.1 Å². The lowest BCUT2D eigenvalue weighted by Crippen LogP contribution is -2.03. The van der Waals surface area contributed by atoms with E-state index in [0.717, 1.165) is 6.42 Å². The summed E-state index contributed by atoms with van der Waals surface area (Å²) < 4.78 is 5.42. The fourth-order valence-electron chi connectivity index (χ4n) is 1.20. The first-order chi connectivity index (χ1) is 7.29. The summed E-state index contributed by atoms with van der Waals surface area (Å²) in [6.45, 7) is 2.58. The van der Waals surface area contributed by atoms with Gasteiger partial charge in [-0.05, 0) is 18.6 Å². The molecule has 0 saturated carbocycles. The van der Waals surface area contributed by atoms with Crippen LogP contribution in [-0.2, 0) is 0 Å². The van der Waals surface area contributed by atoms with Gasteiger partial charge in [-0.3, -0.25) is 4.79 Å². The van der Waals surface area contributed by atoms with E-state index in [1.165, 1.54) is 0 Å². The van der Waals surface area contributed by atoms with E-state index in [1.807, 2.05) is 19.1 Å². The molecule has 1 aromatic carbocycles. The number of para-hydroxylation sites is 1. The number of Topliss-reactive ketones (excluding diaryl/α,β-unsaturated/α-hetero) is 1. The maximum atomic E-state index is 11.5. The van der Waals surface area contributed by atoms with Crippen molar-refractivity contribution >= 4 is 5.78 Å². The number of ether oxygens (including phenoxy) is 1. The molecule has 0 unspecified atom stereocenters. The zero-order valence-electron chi connectivity index (χ0n) is 8.69. The molecule has 0 bridgehead atoms. The molecule has 0 aliphatic carbocycles. The first kappa shape index (κ1) is 11.3. The van der Waals surface area contributed by atoms with Gasteiger partial charge in [0.1, 0.15) is 5.75 Å². The van der Waals surface area contributed by atoms with Crippen LogP contribution >= 0.6 is 0 Å². The van der Waals surface area contributed by atoms with Crippen LogP contribution in [0.5, 0.6) is 5.75 Å². The van der Waals surface area contributed by atoms with Crippen molar-refractivity contribution < 1.29 is 9.53 Å². The van der Waals surface area contributed by atoms with Crippen molar-refractivity contribution in [1.29, 1.82) is 5.26 Å². The molecule has 15 heavy (non-hydrogen) atoms. The highest BCUT2D eigenvalue weighted by atomic mass is 16.5. The van der Waals surface area contributed by atoms with E-state index in [1.54, 1.807) is 18.2 Å². The molecule has 0 spiro atoms. The highest BCUT2D eigenvalue weighted by Gasteiger charge is 2.10. The molecule has 0 aromatic heterocycles. The van der Waals surface area contributed by atoms with Crippen molar-refractivity contribution in [2.24, 2.45) is 0 Å². The third-order valence-corrected chi connectivity index (χ3v) is 1.89. The molecule has 0 atom stereocenters. The number of nitriles is 1. The summed E-state index contributed by atoms with van der Waals surface area (Å²) in [7, 11) is 0. The van der Waals surface area contributed by atoms with Crippen molar-refractivity contribution in [1.82, 2.24) is 0 Å². The van der Waals surface area contributed by atoms with Gasteiger partial charge in [-0.1, -0.05) is 19.1 Å². The fraction of sp³-hybridized carbons (Fsp3) is 0.333. The van der Waals surface area contributed by atoms with Gasteiger partial charge in [0, 0.05) is 0 Å². The van der Waals surface area contributed by atoms with Gasteiger partial charge in [-0.2, -0.15) is 5.26 Å². The van der Waals surface area contributed by atoms with Crippen LogP contribution in [0.3, 0.4) is 0 Å². The number of ketones is 1. The molecular weight excluding hydrogens is 190 g/mol. The predicted octanol–water partition coefficient (Wildman–Crippen LogP) is 2.57. The van der Waals surface area contributed by atoms with E-state index in [0.29, 0.717) is 17.9 Å². The molecule has 0 saturated heterocycles. The largest absolute Gasteiger partial charge is 0.493 e. The molecule has 1 aromatic rings. The molecule has 0 N–H and O–H groups in total. The fourth-order valence-corrected chi connectivity index (χ4v) is 1.20. The van der Waals surface area contributed by atoms with Crippen molar-refractivity contribution in [2.45, 2.75) is 19.8 Å². The molecule has 1 rings (SSSR count). The predicted molar refractivity (Wildman–Crippen MR) is 56.8 cm³/mol. The zero-order chi connectivity index (χ0) is 11.1. The van der Waals surface area contributed by atoms with Crippen LogP contribution in [0.15, 0.2) is 24.3 Å². The average molecular weight is 203 g/mol. The summed E-state index contributed by atoms with van der Waals surface area (Å²) in [5.41, 5.74) is 0.493. The Bertz CT molecular complexity index is 379. The van der Waals surface area contributed by atoms with Crippen LogP contribution in [0.4, 0.5) is 0 Å². The molecule has 78 valence electrons. The zero-order valence-corrected chi connectivity index (χ0v) is 8.69. The quantitative estimate of drug-likeness (QED) is 0.691. The Morgan fingerprint density at radius 1 is 1.47 bits per heavy atom. The smallest absolute Gasteiger partial charge is 0.180 e. The summed E-state index contributed by atoms with van der Waals surface area (Å²) >= 11 is 0. The van der Waals surface area contributed by atoms with Crippen LogP contribution in [0.1, 0.15) is 30.1 Å². The minimum Gasteiger partial charge on any atom is -0.493 e. The second-order valence-corrected chi connectivity index (χ2v) is 3.10. The molecule has 0 fully saturated rings. The molecule has 0 heterocycles. The minimum atomic E-state index is -0.191. The second-order valence-electron chi connectivity index (χ2n) is 3.10. The van der Waals surface area contributed by atoms with E-state index < -0.39 is 0 Å². The highest BCUT2D eigenvalue weighted by Crippen LogP contribution is 2.19. The van der Waals surface area contributed by atoms with Gasteiger partial charge in [0.2, 0.25) is 0 Å². The molecule has 0 radical (unpaired) electrons. The minimum absolute atomic E-state index is 0.105. The van der Waals surface area contributed by atoms with Gasteiger partial charge < -0.3 is 4.74 Å². The van der Waals surface area contributed by atoms with Gasteiger partial charge in [-0.15, -0.1) is 0 Å². The van der Waals surface area contributed by atoms with E-state index in [9.17, 15) is 4.79 Å². The number of carbonyl (C=O) groups excluding carboxylic acids is 1. The summed E-state index contributed by atoms with van der Waals surface area (Å²) in [5, 5.41) is 8.45. The Hall–Kier alpha value is -1.82. The van der Waals surface area contributed by atoms with Crippen molar-refractivity contribution in [3.63, 3.8) is 0 Å². The summed E-state index contributed by atoms with van der Waals surface area (Å²) in [5.74, 6) is 0.379. The number of hydrogen-bond acceptors (Lipinski definition) is 3.